The van der Waals surface area contributed by atoms with Gasteiger partial charge in [0.1, 0.15) is 13.2 Å². The highest BCUT2D eigenvalue weighted by Gasteiger charge is 2.21. The Labute approximate surface area is 199 Å². The molecule has 190 valence electrons. The van der Waals surface area contributed by atoms with E-state index in [1.54, 1.807) is 5.57 Å². The summed E-state index contributed by atoms with van der Waals surface area (Å²) in [5.74, 6) is 0. The third-order valence-corrected chi connectivity index (χ3v) is 7.32. The van der Waals surface area contributed by atoms with Crippen LogP contribution in [0, 0.1) is 0 Å². The summed E-state index contributed by atoms with van der Waals surface area (Å²) in [6, 6.07) is 0. The molecule has 32 heavy (non-hydrogen) atoms. The molecule has 0 aliphatic heterocycles. The molecule has 1 atom stereocenters. The Balaban J connectivity index is 1.93. The number of unbranched alkanes of at least 4 members (excludes halogenated alkanes) is 8. The Morgan fingerprint density at radius 1 is 0.750 bits per heavy atom. The van der Waals surface area contributed by atoms with Gasteiger partial charge in [0.15, 0.2) is 0 Å². The second-order valence-corrected chi connectivity index (χ2v) is 12.1. The van der Waals surface area contributed by atoms with Crippen molar-refractivity contribution in [2.45, 2.75) is 116 Å². The molecular formula is C26H53NO4P+. The normalized spacial score (nSPS) is 18.3. The number of likely N-dealkylation sites (N-methyl/N-ethyl adjacent to an activating group) is 1. The molecule has 0 heterocycles. The van der Waals surface area contributed by atoms with Crippen molar-refractivity contribution in [1.82, 2.24) is 0 Å². The van der Waals surface area contributed by atoms with E-state index in [4.69, 9.17) is 9.05 Å². The Hall–Kier alpha value is -0.190. The Kier molecular flexibility index (Phi) is 17.0. The van der Waals surface area contributed by atoms with Gasteiger partial charge in [-0.2, -0.15) is 0 Å². The number of rotatable bonds is 16. The molecule has 1 N–H and O–H groups in total. The molecule has 5 nitrogen and oxygen atoms in total. The van der Waals surface area contributed by atoms with Crippen LogP contribution in [0.15, 0.2) is 11.6 Å². The van der Waals surface area contributed by atoms with Crippen LogP contribution >= 0.6 is 7.82 Å². The fourth-order valence-corrected chi connectivity index (χ4v) is 4.92. The molecule has 1 aliphatic carbocycles. The van der Waals surface area contributed by atoms with Crippen molar-refractivity contribution in [3.8, 4) is 0 Å². The van der Waals surface area contributed by atoms with Crippen molar-refractivity contribution in [1.29, 1.82) is 0 Å². The van der Waals surface area contributed by atoms with Gasteiger partial charge in [-0.1, -0.05) is 82.3 Å². The number of quaternary nitrogens is 1. The quantitative estimate of drug-likeness (QED) is 0.107. The Morgan fingerprint density at radius 3 is 1.78 bits per heavy atom. The summed E-state index contributed by atoms with van der Waals surface area (Å²) >= 11 is 0. The van der Waals surface area contributed by atoms with Crippen LogP contribution in [0.25, 0.3) is 0 Å². The highest BCUT2D eigenvalue weighted by molar-refractivity contribution is 7.47. The molecule has 0 aromatic heterocycles. The van der Waals surface area contributed by atoms with Crippen LogP contribution in [0.4, 0.5) is 0 Å². The monoisotopic (exact) mass is 474 g/mol. The fourth-order valence-electron chi connectivity index (χ4n) is 4.18. The summed E-state index contributed by atoms with van der Waals surface area (Å²) in [4.78, 5) is 9.69. The van der Waals surface area contributed by atoms with E-state index < -0.39 is 7.82 Å². The zero-order chi connectivity index (χ0) is 23.5. The molecule has 1 unspecified atom stereocenters. The van der Waals surface area contributed by atoms with Gasteiger partial charge in [0.05, 0.1) is 27.7 Å². The second kappa shape index (κ2) is 18.2. The zero-order valence-electron chi connectivity index (χ0n) is 21.5. The first kappa shape index (κ1) is 29.8. The maximum atomic E-state index is 11.8. The lowest BCUT2D eigenvalue weighted by molar-refractivity contribution is -0.870. The number of hydrogen-bond donors (Lipinski definition) is 1. The second-order valence-electron chi connectivity index (χ2n) is 10.6. The van der Waals surface area contributed by atoms with Gasteiger partial charge in [0.2, 0.25) is 0 Å². The SMILES string of the molecule is C[N+](C)(C)CCOP(=O)(O)OCCCCCCCCCCC=C1CCCCCCCCC1. The van der Waals surface area contributed by atoms with E-state index in [0.717, 1.165) is 12.8 Å². The van der Waals surface area contributed by atoms with Gasteiger partial charge < -0.3 is 9.38 Å². The molecule has 1 saturated carbocycles. The number of hydrogen-bond acceptors (Lipinski definition) is 3. The van der Waals surface area contributed by atoms with E-state index in [0.29, 0.717) is 17.6 Å². The van der Waals surface area contributed by atoms with Crippen molar-refractivity contribution in [3.63, 3.8) is 0 Å². The van der Waals surface area contributed by atoms with E-state index in [9.17, 15) is 9.46 Å². The van der Waals surface area contributed by atoms with Crippen molar-refractivity contribution >= 4 is 7.82 Å². The average Bonchev–Trinajstić information content (AvgIpc) is 2.72. The standard InChI is InChI=1S/C26H52NO4P/c1-27(2,3)23-25-31-32(28,29)30-24-19-15-11-6-4-5-8-12-16-20-26-21-17-13-9-7-10-14-18-22-26/h20H,4-19,21-25H2,1-3H3/p+1. The summed E-state index contributed by atoms with van der Waals surface area (Å²) in [7, 11) is 2.17. The van der Waals surface area contributed by atoms with Gasteiger partial charge in [-0.25, -0.2) is 4.57 Å². The summed E-state index contributed by atoms with van der Waals surface area (Å²) in [5.41, 5.74) is 1.74. The molecule has 0 aromatic carbocycles. The van der Waals surface area contributed by atoms with Gasteiger partial charge >= 0.3 is 7.82 Å². The highest BCUT2D eigenvalue weighted by atomic mass is 31.2. The van der Waals surface area contributed by atoms with Crippen molar-refractivity contribution in [2.24, 2.45) is 0 Å². The molecule has 0 saturated heterocycles. The number of allylic oxidation sites excluding steroid dienone is 2. The van der Waals surface area contributed by atoms with Crippen molar-refractivity contribution in [3.05, 3.63) is 11.6 Å². The van der Waals surface area contributed by atoms with Crippen LogP contribution in [0.1, 0.15) is 116 Å². The van der Waals surface area contributed by atoms with Crippen LogP contribution in [-0.2, 0) is 13.6 Å². The minimum Gasteiger partial charge on any atom is -0.329 e. The van der Waals surface area contributed by atoms with Crippen LogP contribution < -0.4 is 0 Å². The molecular weight excluding hydrogens is 421 g/mol. The molecule has 6 heteroatoms. The lowest BCUT2D eigenvalue weighted by Gasteiger charge is -2.24. The largest absolute Gasteiger partial charge is 0.472 e. The Bertz CT molecular complexity index is 518. The third-order valence-electron chi connectivity index (χ3n) is 6.30. The topological polar surface area (TPSA) is 55.8 Å². The van der Waals surface area contributed by atoms with Crippen LogP contribution in [0.5, 0.6) is 0 Å². The molecule has 0 radical (unpaired) electrons. The van der Waals surface area contributed by atoms with Gasteiger partial charge in [-0.15, -0.1) is 0 Å². The summed E-state index contributed by atoms with van der Waals surface area (Å²) in [6.07, 6.45) is 26.1. The summed E-state index contributed by atoms with van der Waals surface area (Å²) in [6.45, 7) is 1.20. The van der Waals surface area contributed by atoms with Gasteiger partial charge in [-0.05, 0) is 44.9 Å². The van der Waals surface area contributed by atoms with Crippen molar-refractivity contribution < 1.29 is 23.0 Å². The lowest BCUT2D eigenvalue weighted by atomic mass is 9.96. The van der Waals surface area contributed by atoms with Crippen molar-refractivity contribution in [2.75, 3.05) is 40.9 Å². The van der Waals surface area contributed by atoms with Gasteiger partial charge in [-0.3, -0.25) is 9.05 Å². The maximum Gasteiger partial charge on any atom is 0.472 e. The third kappa shape index (κ3) is 19.3. The first-order valence-electron chi connectivity index (χ1n) is 13.4. The maximum absolute atomic E-state index is 11.8. The predicted octanol–water partition coefficient (Wildman–Crippen LogP) is 7.79. The Morgan fingerprint density at radius 2 is 1.22 bits per heavy atom. The number of phosphoric ester groups is 1. The molecule has 1 aliphatic rings. The van der Waals surface area contributed by atoms with Crippen LogP contribution in [0.3, 0.4) is 0 Å². The van der Waals surface area contributed by atoms with E-state index >= 15 is 0 Å². The van der Waals surface area contributed by atoms with Gasteiger partial charge in [0.25, 0.3) is 0 Å². The molecule has 1 fully saturated rings. The molecule has 0 spiro atoms. The molecule has 0 amide bonds. The first-order chi connectivity index (χ1) is 15.3. The van der Waals surface area contributed by atoms with E-state index in [1.807, 2.05) is 21.1 Å². The van der Waals surface area contributed by atoms with E-state index in [1.165, 1.54) is 103 Å². The zero-order valence-corrected chi connectivity index (χ0v) is 22.4. The van der Waals surface area contributed by atoms with E-state index in [-0.39, 0.29) is 6.61 Å². The van der Waals surface area contributed by atoms with E-state index in [2.05, 4.69) is 6.08 Å². The highest BCUT2D eigenvalue weighted by Crippen LogP contribution is 2.43. The summed E-state index contributed by atoms with van der Waals surface area (Å²) < 4.78 is 22.6. The minimum absolute atomic E-state index is 0.231. The van der Waals surface area contributed by atoms with Gasteiger partial charge in [0, 0.05) is 0 Å². The molecule has 0 aromatic rings. The molecule has 1 rings (SSSR count). The van der Waals surface area contributed by atoms with Crippen LogP contribution in [0.2, 0.25) is 0 Å². The minimum atomic E-state index is -3.89. The smallest absolute Gasteiger partial charge is 0.329 e. The fraction of sp³-hybridized carbons (Fsp3) is 0.923. The first-order valence-corrected chi connectivity index (χ1v) is 14.9. The lowest BCUT2D eigenvalue weighted by Crippen LogP contribution is -2.37. The molecule has 0 bridgehead atoms. The number of phosphoric acid groups is 1. The van der Waals surface area contributed by atoms with Crippen LogP contribution in [-0.4, -0.2) is 50.3 Å². The number of nitrogens with zero attached hydrogens (tertiary/aromatic N) is 1. The average molecular weight is 475 g/mol. The predicted molar refractivity (Wildman–Crippen MR) is 136 cm³/mol. The summed E-state index contributed by atoms with van der Waals surface area (Å²) in [5, 5.41) is 0.